The predicted molar refractivity (Wildman–Crippen MR) is 91.4 cm³/mol. The van der Waals surface area contributed by atoms with Crippen LogP contribution in [0.4, 0.5) is 11.4 Å². The molecule has 0 aliphatic carbocycles. The minimum atomic E-state index is -3.33. The van der Waals surface area contributed by atoms with Gasteiger partial charge in [0.25, 0.3) is 0 Å². The summed E-state index contributed by atoms with van der Waals surface area (Å²) >= 11 is 12.7. The molecule has 0 aliphatic rings. The quantitative estimate of drug-likeness (QED) is 0.695. The van der Waals surface area contributed by atoms with Gasteiger partial charge in [-0.25, -0.2) is 8.42 Å². The molecule has 2 rings (SSSR count). The van der Waals surface area contributed by atoms with Crippen LogP contribution in [0, 0.1) is 0 Å². The summed E-state index contributed by atoms with van der Waals surface area (Å²) < 4.78 is 31.7. The molecule has 0 amide bonds. The molecule has 2 aromatic rings. The van der Waals surface area contributed by atoms with Gasteiger partial charge in [0, 0.05) is 0 Å². The van der Waals surface area contributed by atoms with Crippen molar-refractivity contribution in [3.63, 3.8) is 0 Å². The Labute approximate surface area is 144 Å². The molecular weight excluding hydrogens is 447 g/mol. The average molecular weight is 459 g/mol. The van der Waals surface area contributed by atoms with Crippen LogP contribution in [-0.2, 0) is 16.6 Å². The normalized spacial score (nSPS) is 11.4. The lowest BCUT2D eigenvalue weighted by atomic mass is 10.3. The number of hydrogen-bond donors (Lipinski definition) is 2. The van der Waals surface area contributed by atoms with Crippen LogP contribution in [0.25, 0.3) is 0 Å². The van der Waals surface area contributed by atoms with Crippen LogP contribution in [0.3, 0.4) is 0 Å². The van der Waals surface area contributed by atoms with Crippen molar-refractivity contribution in [2.45, 2.75) is 6.54 Å². The Balaban J connectivity index is 2.13. The highest BCUT2D eigenvalue weighted by molar-refractivity contribution is 9.13. The molecular formula is C12H11Br2ClN2O3S. The van der Waals surface area contributed by atoms with Crippen LogP contribution in [0.15, 0.2) is 37.8 Å². The summed E-state index contributed by atoms with van der Waals surface area (Å²) in [7, 11) is -3.33. The fourth-order valence-electron chi connectivity index (χ4n) is 1.60. The molecule has 1 aromatic carbocycles. The Morgan fingerprint density at radius 2 is 2.00 bits per heavy atom. The third-order valence-corrected chi connectivity index (χ3v) is 5.07. The van der Waals surface area contributed by atoms with Crippen molar-refractivity contribution in [2.24, 2.45) is 0 Å². The number of furan rings is 1. The summed E-state index contributed by atoms with van der Waals surface area (Å²) in [6, 6.07) is 6.65. The number of rotatable bonds is 5. The van der Waals surface area contributed by atoms with Crippen LogP contribution in [0.2, 0.25) is 5.02 Å². The molecule has 0 saturated heterocycles. The van der Waals surface area contributed by atoms with E-state index in [1.54, 1.807) is 18.2 Å². The van der Waals surface area contributed by atoms with Crippen molar-refractivity contribution < 1.29 is 12.8 Å². The van der Waals surface area contributed by atoms with E-state index in [9.17, 15) is 8.42 Å². The second-order valence-electron chi connectivity index (χ2n) is 4.26. The first kappa shape index (κ1) is 16.7. The number of sulfonamides is 1. The second kappa shape index (κ2) is 6.60. The number of halogens is 3. The van der Waals surface area contributed by atoms with Crippen LogP contribution >= 0.6 is 43.5 Å². The lowest BCUT2D eigenvalue weighted by molar-refractivity contribution is 0.494. The highest BCUT2D eigenvalue weighted by Gasteiger charge is 2.09. The van der Waals surface area contributed by atoms with Gasteiger partial charge < -0.3 is 9.73 Å². The lowest BCUT2D eigenvalue weighted by Gasteiger charge is -2.10. The zero-order valence-corrected chi connectivity index (χ0v) is 15.5. The second-order valence-corrected chi connectivity index (χ2v) is 7.99. The lowest BCUT2D eigenvalue weighted by Crippen LogP contribution is -2.10. The molecule has 0 bridgehead atoms. The minimum absolute atomic E-state index is 0.409. The van der Waals surface area contributed by atoms with Crippen molar-refractivity contribution in [1.29, 1.82) is 0 Å². The van der Waals surface area contributed by atoms with Crippen molar-refractivity contribution in [1.82, 2.24) is 0 Å². The molecule has 0 spiro atoms. The molecule has 9 heteroatoms. The van der Waals surface area contributed by atoms with Gasteiger partial charge in [0.05, 0.1) is 33.7 Å². The molecule has 5 nitrogen and oxygen atoms in total. The van der Waals surface area contributed by atoms with Crippen LogP contribution in [0.1, 0.15) is 5.76 Å². The third kappa shape index (κ3) is 4.91. The van der Waals surface area contributed by atoms with Crippen molar-refractivity contribution in [3.8, 4) is 0 Å². The van der Waals surface area contributed by atoms with Gasteiger partial charge >= 0.3 is 0 Å². The maximum Gasteiger partial charge on any atom is 0.229 e. The molecule has 0 radical (unpaired) electrons. The Kier molecular flexibility index (Phi) is 5.24. The van der Waals surface area contributed by atoms with E-state index in [1.165, 1.54) is 0 Å². The molecule has 114 valence electrons. The van der Waals surface area contributed by atoms with E-state index in [-0.39, 0.29) is 0 Å². The summed E-state index contributed by atoms with van der Waals surface area (Å²) in [5.74, 6) is 0.700. The average Bonchev–Trinajstić information content (AvgIpc) is 2.68. The smallest absolute Gasteiger partial charge is 0.229 e. The van der Waals surface area contributed by atoms with Crippen LogP contribution in [0.5, 0.6) is 0 Å². The first-order chi connectivity index (χ1) is 9.74. The third-order valence-electron chi connectivity index (χ3n) is 2.42. The van der Waals surface area contributed by atoms with Gasteiger partial charge in [0.2, 0.25) is 10.0 Å². The fraction of sp³-hybridized carbons (Fsp3) is 0.167. The van der Waals surface area contributed by atoms with Gasteiger partial charge in [-0.05, 0) is 56.1 Å². The van der Waals surface area contributed by atoms with Gasteiger partial charge in [0.15, 0.2) is 4.67 Å². The molecule has 0 saturated carbocycles. The van der Waals surface area contributed by atoms with Gasteiger partial charge in [-0.15, -0.1) is 0 Å². The molecule has 1 aromatic heterocycles. The topological polar surface area (TPSA) is 71.3 Å². The summed E-state index contributed by atoms with van der Waals surface area (Å²) in [6.07, 6.45) is 1.09. The maximum absolute atomic E-state index is 11.2. The van der Waals surface area contributed by atoms with E-state index in [0.717, 1.165) is 10.7 Å². The van der Waals surface area contributed by atoms with E-state index in [2.05, 4.69) is 41.9 Å². The molecule has 21 heavy (non-hydrogen) atoms. The SMILES string of the molecule is CS(=O)(=O)Nc1ccc(Cl)c(NCc2cc(Br)c(Br)o2)c1. The largest absolute Gasteiger partial charge is 0.451 e. The highest BCUT2D eigenvalue weighted by Crippen LogP contribution is 2.29. The van der Waals surface area contributed by atoms with E-state index in [1.807, 2.05) is 6.07 Å². The zero-order valence-electron chi connectivity index (χ0n) is 10.8. The van der Waals surface area contributed by atoms with Crippen LogP contribution < -0.4 is 10.0 Å². The number of anilines is 2. The van der Waals surface area contributed by atoms with E-state index < -0.39 is 10.0 Å². The molecule has 1 heterocycles. The first-order valence-electron chi connectivity index (χ1n) is 5.69. The van der Waals surface area contributed by atoms with Crippen molar-refractivity contribution >= 4 is 64.9 Å². The summed E-state index contributed by atoms with van der Waals surface area (Å²) in [6.45, 7) is 0.409. The van der Waals surface area contributed by atoms with Gasteiger partial charge in [-0.1, -0.05) is 11.6 Å². The molecule has 2 N–H and O–H groups in total. The monoisotopic (exact) mass is 456 g/mol. The van der Waals surface area contributed by atoms with E-state index in [0.29, 0.717) is 33.4 Å². The predicted octanol–water partition coefficient (Wildman–Crippen LogP) is 4.44. The Hall–Kier alpha value is -0.700. The molecule has 0 aliphatic heterocycles. The Morgan fingerprint density at radius 1 is 1.29 bits per heavy atom. The maximum atomic E-state index is 11.2. The molecule has 0 atom stereocenters. The van der Waals surface area contributed by atoms with Crippen LogP contribution in [-0.4, -0.2) is 14.7 Å². The number of hydrogen-bond acceptors (Lipinski definition) is 4. The number of nitrogens with one attached hydrogen (secondary N) is 2. The van der Waals surface area contributed by atoms with E-state index in [4.69, 9.17) is 16.0 Å². The zero-order chi connectivity index (χ0) is 15.6. The first-order valence-corrected chi connectivity index (χ1v) is 9.55. The van der Waals surface area contributed by atoms with Crippen molar-refractivity contribution in [2.75, 3.05) is 16.3 Å². The van der Waals surface area contributed by atoms with Gasteiger partial charge in [-0.2, -0.15) is 0 Å². The Bertz CT molecular complexity index is 742. The standard InChI is InChI=1S/C12H11Br2ClN2O3S/c1-21(18,19)17-7-2-3-10(15)11(4-7)16-6-8-5-9(13)12(14)20-8/h2-5,16-17H,6H2,1H3. The highest BCUT2D eigenvalue weighted by atomic mass is 79.9. The summed E-state index contributed by atoms with van der Waals surface area (Å²) in [5.41, 5.74) is 1.04. The molecule has 0 unspecified atom stereocenters. The van der Waals surface area contributed by atoms with Gasteiger partial charge in [-0.3, -0.25) is 4.72 Å². The van der Waals surface area contributed by atoms with Crippen molar-refractivity contribution in [3.05, 3.63) is 44.2 Å². The summed E-state index contributed by atoms with van der Waals surface area (Å²) in [4.78, 5) is 0. The Morgan fingerprint density at radius 3 is 2.57 bits per heavy atom. The fourth-order valence-corrected chi connectivity index (χ4v) is 3.00. The molecule has 0 fully saturated rings. The summed E-state index contributed by atoms with van der Waals surface area (Å²) in [5, 5.41) is 3.58. The minimum Gasteiger partial charge on any atom is -0.451 e. The van der Waals surface area contributed by atoms with E-state index >= 15 is 0 Å². The number of benzene rings is 1. The van der Waals surface area contributed by atoms with Gasteiger partial charge in [0.1, 0.15) is 5.76 Å².